The predicted octanol–water partition coefficient (Wildman–Crippen LogP) is 3.61. The van der Waals surface area contributed by atoms with Gasteiger partial charge in [-0.3, -0.25) is 9.59 Å². The fourth-order valence-corrected chi connectivity index (χ4v) is 3.70. The SMILES string of the molecule is COc1ccc(/C(O)=C2/C(=O)C(=O)N(CCOC(C)C)C2c2ccc(N(C)C)cc2)cc1. The molecule has 1 aliphatic heterocycles. The molecule has 0 saturated carbocycles. The lowest BCUT2D eigenvalue weighted by Gasteiger charge is -2.26. The van der Waals surface area contributed by atoms with Crippen molar-refractivity contribution in [1.29, 1.82) is 0 Å². The smallest absolute Gasteiger partial charge is 0.295 e. The molecule has 0 aromatic heterocycles. The van der Waals surface area contributed by atoms with Crippen LogP contribution in [0.15, 0.2) is 54.1 Å². The van der Waals surface area contributed by atoms with E-state index in [2.05, 4.69) is 0 Å². The first-order valence-corrected chi connectivity index (χ1v) is 10.6. The molecule has 1 atom stereocenters. The van der Waals surface area contributed by atoms with Crippen LogP contribution in [0.25, 0.3) is 5.76 Å². The molecule has 32 heavy (non-hydrogen) atoms. The standard InChI is InChI=1S/C25H30N2O5/c1-16(2)32-15-14-27-22(17-6-10-19(11-7-17)26(3)4)21(24(29)25(27)30)23(28)18-8-12-20(31-5)13-9-18/h6-13,16,22,28H,14-15H2,1-5H3/b23-21-. The van der Waals surface area contributed by atoms with E-state index in [0.29, 0.717) is 17.9 Å². The lowest BCUT2D eigenvalue weighted by atomic mass is 9.95. The Morgan fingerprint density at radius 2 is 1.69 bits per heavy atom. The van der Waals surface area contributed by atoms with Gasteiger partial charge in [-0.05, 0) is 55.8 Å². The van der Waals surface area contributed by atoms with E-state index >= 15 is 0 Å². The molecule has 1 amide bonds. The molecule has 0 radical (unpaired) electrons. The van der Waals surface area contributed by atoms with Gasteiger partial charge in [0.2, 0.25) is 0 Å². The van der Waals surface area contributed by atoms with Gasteiger partial charge in [0.15, 0.2) is 0 Å². The van der Waals surface area contributed by atoms with Crippen LogP contribution in [0.3, 0.4) is 0 Å². The van der Waals surface area contributed by atoms with Gasteiger partial charge in [-0.2, -0.15) is 0 Å². The normalized spacial score (nSPS) is 17.8. The van der Waals surface area contributed by atoms with Gasteiger partial charge in [0, 0.05) is 31.9 Å². The zero-order valence-electron chi connectivity index (χ0n) is 19.2. The molecule has 2 aromatic carbocycles. The molecule has 1 saturated heterocycles. The summed E-state index contributed by atoms with van der Waals surface area (Å²) < 4.78 is 10.8. The Kier molecular flexibility index (Phi) is 7.20. The number of benzene rings is 2. The minimum atomic E-state index is -0.705. The number of nitrogens with zero attached hydrogens (tertiary/aromatic N) is 2. The fraction of sp³-hybridized carbons (Fsp3) is 0.360. The number of carbonyl (C=O) groups excluding carboxylic acids is 2. The first-order valence-electron chi connectivity index (χ1n) is 10.6. The maximum absolute atomic E-state index is 13.0. The Labute approximate surface area is 188 Å². The highest BCUT2D eigenvalue weighted by Gasteiger charge is 2.45. The van der Waals surface area contributed by atoms with Gasteiger partial charge in [0.1, 0.15) is 11.5 Å². The van der Waals surface area contributed by atoms with Crippen LogP contribution in [0.1, 0.15) is 31.0 Å². The summed E-state index contributed by atoms with van der Waals surface area (Å²) in [6.45, 7) is 4.35. The second-order valence-electron chi connectivity index (χ2n) is 8.13. The van der Waals surface area contributed by atoms with Crippen LogP contribution in [0.4, 0.5) is 5.69 Å². The van der Waals surface area contributed by atoms with Crippen LogP contribution in [0.5, 0.6) is 5.75 Å². The van der Waals surface area contributed by atoms with Crippen molar-refractivity contribution in [3.63, 3.8) is 0 Å². The first-order chi connectivity index (χ1) is 15.2. The second kappa shape index (κ2) is 9.87. The Morgan fingerprint density at radius 3 is 2.22 bits per heavy atom. The van der Waals surface area contributed by atoms with Crippen LogP contribution in [-0.2, 0) is 14.3 Å². The minimum absolute atomic E-state index is 0.00365. The van der Waals surface area contributed by atoms with Gasteiger partial charge in [-0.15, -0.1) is 0 Å². The summed E-state index contributed by atoms with van der Waals surface area (Å²) in [6.07, 6.45) is 0.00365. The number of hydrogen-bond donors (Lipinski definition) is 1. The number of amides is 1. The third-order valence-electron chi connectivity index (χ3n) is 5.41. The number of methoxy groups -OCH3 is 1. The summed E-state index contributed by atoms with van der Waals surface area (Å²) >= 11 is 0. The molecule has 3 rings (SSSR count). The number of anilines is 1. The predicted molar refractivity (Wildman–Crippen MR) is 124 cm³/mol. The van der Waals surface area contributed by atoms with E-state index in [1.165, 1.54) is 4.90 Å². The Hall–Kier alpha value is -3.32. The molecule has 1 fully saturated rings. The van der Waals surface area contributed by atoms with E-state index in [-0.39, 0.29) is 24.0 Å². The van der Waals surface area contributed by atoms with Crippen molar-refractivity contribution in [1.82, 2.24) is 4.90 Å². The third-order valence-corrected chi connectivity index (χ3v) is 5.41. The molecule has 0 spiro atoms. The van der Waals surface area contributed by atoms with Crippen molar-refractivity contribution < 1.29 is 24.2 Å². The number of carbonyl (C=O) groups is 2. The Bertz CT molecular complexity index is 994. The second-order valence-corrected chi connectivity index (χ2v) is 8.13. The number of Topliss-reactive ketones (excluding diaryl/α,β-unsaturated/α-hetero) is 1. The van der Waals surface area contributed by atoms with Crippen molar-refractivity contribution in [2.24, 2.45) is 0 Å². The summed E-state index contributed by atoms with van der Waals surface area (Å²) in [7, 11) is 5.43. The van der Waals surface area contributed by atoms with Gasteiger partial charge < -0.3 is 24.4 Å². The summed E-state index contributed by atoms with van der Waals surface area (Å²) in [4.78, 5) is 29.4. The molecule has 1 aliphatic rings. The van der Waals surface area contributed by atoms with Crippen molar-refractivity contribution >= 4 is 23.1 Å². The largest absolute Gasteiger partial charge is 0.507 e. The number of ether oxygens (including phenoxy) is 2. The van der Waals surface area contributed by atoms with Crippen molar-refractivity contribution in [2.75, 3.05) is 39.3 Å². The molecule has 1 heterocycles. The van der Waals surface area contributed by atoms with E-state index in [1.54, 1.807) is 31.4 Å². The molecule has 1 unspecified atom stereocenters. The average Bonchev–Trinajstić information content (AvgIpc) is 3.03. The van der Waals surface area contributed by atoms with Crippen LogP contribution in [0, 0.1) is 0 Å². The summed E-state index contributed by atoms with van der Waals surface area (Å²) in [5.74, 6) is -0.928. The van der Waals surface area contributed by atoms with E-state index in [4.69, 9.17) is 9.47 Å². The van der Waals surface area contributed by atoms with E-state index in [9.17, 15) is 14.7 Å². The van der Waals surface area contributed by atoms with Gasteiger partial charge in [0.05, 0.1) is 31.4 Å². The van der Waals surface area contributed by atoms with Gasteiger partial charge in [-0.25, -0.2) is 0 Å². The molecule has 0 aliphatic carbocycles. The highest BCUT2D eigenvalue weighted by molar-refractivity contribution is 6.46. The van der Waals surface area contributed by atoms with Crippen LogP contribution in [-0.4, -0.2) is 62.2 Å². The molecule has 0 bridgehead atoms. The quantitative estimate of drug-likeness (QED) is 0.385. The topological polar surface area (TPSA) is 79.3 Å². The number of aliphatic hydroxyl groups excluding tert-OH is 1. The zero-order chi connectivity index (χ0) is 23.4. The van der Waals surface area contributed by atoms with Crippen molar-refractivity contribution in [3.05, 3.63) is 65.2 Å². The summed E-state index contributed by atoms with van der Waals surface area (Å²) in [6, 6.07) is 13.6. The molecular formula is C25H30N2O5. The molecule has 2 aromatic rings. The van der Waals surface area contributed by atoms with Gasteiger partial charge in [-0.1, -0.05) is 12.1 Å². The Balaban J connectivity index is 2.07. The summed E-state index contributed by atoms with van der Waals surface area (Å²) in [5.41, 5.74) is 2.25. The first kappa shape index (κ1) is 23.3. The molecule has 1 N–H and O–H groups in total. The minimum Gasteiger partial charge on any atom is -0.507 e. The number of hydrogen-bond acceptors (Lipinski definition) is 6. The van der Waals surface area contributed by atoms with E-state index < -0.39 is 17.7 Å². The maximum atomic E-state index is 13.0. The zero-order valence-corrected chi connectivity index (χ0v) is 19.2. The van der Waals surface area contributed by atoms with Gasteiger partial charge in [0.25, 0.3) is 11.7 Å². The van der Waals surface area contributed by atoms with Crippen LogP contribution in [0.2, 0.25) is 0 Å². The number of likely N-dealkylation sites (tertiary alicyclic amines) is 1. The van der Waals surface area contributed by atoms with E-state index in [1.807, 2.05) is 57.1 Å². The number of rotatable bonds is 8. The molecule has 7 nitrogen and oxygen atoms in total. The highest BCUT2D eigenvalue weighted by atomic mass is 16.5. The molecular weight excluding hydrogens is 408 g/mol. The van der Waals surface area contributed by atoms with Crippen LogP contribution >= 0.6 is 0 Å². The average molecular weight is 439 g/mol. The lowest BCUT2D eigenvalue weighted by molar-refractivity contribution is -0.140. The maximum Gasteiger partial charge on any atom is 0.295 e. The Morgan fingerprint density at radius 1 is 1.06 bits per heavy atom. The van der Waals surface area contributed by atoms with Gasteiger partial charge >= 0.3 is 0 Å². The fourth-order valence-electron chi connectivity index (χ4n) is 3.70. The summed E-state index contributed by atoms with van der Waals surface area (Å²) in [5, 5.41) is 11.1. The monoisotopic (exact) mass is 438 g/mol. The molecule has 170 valence electrons. The number of ketones is 1. The third kappa shape index (κ3) is 4.78. The van der Waals surface area contributed by atoms with Crippen molar-refractivity contribution in [2.45, 2.75) is 26.0 Å². The van der Waals surface area contributed by atoms with E-state index in [0.717, 1.165) is 11.3 Å². The highest BCUT2D eigenvalue weighted by Crippen LogP contribution is 2.39. The molecule has 7 heteroatoms. The lowest BCUT2D eigenvalue weighted by Crippen LogP contribution is -2.33. The van der Waals surface area contributed by atoms with Crippen LogP contribution < -0.4 is 9.64 Å². The number of aliphatic hydroxyl groups is 1. The van der Waals surface area contributed by atoms with Crippen molar-refractivity contribution in [3.8, 4) is 5.75 Å².